The van der Waals surface area contributed by atoms with Gasteiger partial charge < -0.3 is 5.73 Å². The third-order valence-electron chi connectivity index (χ3n) is 2.35. The highest BCUT2D eigenvalue weighted by atomic mass is 16.7. The molecule has 2 unspecified atom stereocenters. The third kappa shape index (κ3) is 5.14. The fraction of sp³-hybridized carbons (Fsp3) is 0.909. The van der Waals surface area contributed by atoms with E-state index in [1.165, 1.54) is 5.06 Å². The van der Waals surface area contributed by atoms with Crippen LogP contribution in [0.2, 0.25) is 0 Å². The van der Waals surface area contributed by atoms with E-state index in [4.69, 9.17) is 10.6 Å². The van der Waals surface area contributed by atoms with Crippen LogP contribution in [0, 0.1) is 5.92 Å². The first kappa shape index (κ1) is 14.4. The zero-order chi connectivity index (χ0) is 12.1. The van der Waals surface area contributed by atoms with E-state index >= 15 is 0 Å². The molecule has 0 aliphatic carbocycles. The summed E-state index contributed by atoms with van der Waals surface area (Å²) in [4.78, 5) is 16.5. The van der Waals surface area contributed by atoms with Crippen molar-refractivity contribution < 1.29 is 9.63 Å². The van der Waals surface area contributed by atoms with Crippen LogP contribution in [0.5, 0.6) is 0 Å². The molecule has 0 aromatic carbocycles. The molecule has 0 aromatic rings. The van der Waals surface area contributed by atoms with Crippen molar-refractivity contribution in [2.24, 2.45) is 11.7 Å². The zero-order valence-corrected chi connectivity index (χ0v) is 10.5. The lowest BCUT2D eigenvalue weighted by molar-refractivity contribution is -0.236. The molecule has 1 amide bonds. The number of rotatable bonds is 6. The molecule has 0 aromatic heterocycles. The number of carbonyl (C=O) groups is 1. The van der Waals surface area contributed by atoms with E-state index in [9.17, 15) is 4.79 Å². The Hall–Kier alpha value is -0.610. The van der Waals surface area contributed by atoms with E-state index in [0.717, 1.165) is 12.8 Å². The van der Waals surface area contributed by atoms with Crippen molar-refractivity contribution in [3.8, 4) is 0 Å². The molecule has 0 radical (unpaired) electrons. The van der Waals surface area contributed by atoms with Gasteiger partial charge in [-0.05, 0) is 26.7 Å². The fourth-order valence-electron chi connectivity index (χ4n) is 1.34. The average molecular weight is 216 g/mol. The Kier molecular flexibility index (Phi) is 5.83. The molecule has 15 heavy (non-hydrogen) atoms. The highest BCUT2D eigenvalue weighted by Crippen LogP contribution is 2.17. The lowest BCUT2D eigenvalue weighted by Crippen LogP contribution is -2.47. The molecule has 2 N–H and O–H groups in total. The number of carbonyl (C=O) groups excluding carboxylic acids is 1. The van der Waals surface area contributed by atoms with Crippen molar-refractivity contribution in [1.29, 1.82) is 0 Å². The molecular formula is C11H24N2O2. The number of hydroxylamine groups is 2. The first-order valence-corrected chi connectivity index (χ1v) is 5.48. The summed E-state index contributed by atoms with van der Waals surface area (Å²) in [6, 6.07) is -0.0493. The summed E-state index contributed by atoms with van der Waals surface area (Å²) in [6.07, 6.45) is 1.69. The Morgan fingerprint density at radius 3 is 2.27 bits per heavy atom. The van der Waals surface area contributed by atoms with Crippen LogP contribution in [0.25, 0.3) is 0 Å². The quantitative estimate of drug-likeness (QED) is 0.541. The number of nitrogens with zero attached hydrogens (tertiary/aromatic N) is 1. The number of nitrogens with two attached hydrogens (primary N) is 1. The van der Waals surface area contributed by atoms with E-state index in [1.54, 1.807) is 0 Å². The third-order valence-corrected chi connectivity index (χ3v) is 2.35. The van der Waals surface area contributed by atoms with E-state index in [-0.39, 0.29) is 11.6 Å². The van der Waals surface area contributed by atoms with Crippen LogP contribution in [0.15, 0.2) is 0 Å². The predicted molar refractivity (Wildman–Crippen MR) is 61.0 cm³/mol. The summed E-state index contributed by atoms with van der Waals surface area (Å²) < 4.78 is 0. The highest BCUT2D eigenvalue weighted by Gasteiger charge is 2.26. The van der Waals surface area contributed by atoms with Gasteiger partial charge in [0.2, 0.25) is 6.41 Å². The predicted octanol–water partition coefficient (Wildman–Crippen LogP) is 1.55. The zero-order valence-electron chi connectivity index (χ0n) is 10.5. The number of amides is 1. The van der Waals surface area contributed by atoms with Gasteiger partial charge in [0.1, 0.15) is 0 Å². The normalized spacial score (nSPS) is 15.9. The van der Waals surface area contributed by atoms with E-state index in [0.29, 0.717) is 12.5 Å². The van der Waals surface area contributed by atoms with Crippen LogP contribution in [0.3, 0.4) is 0 Å². The van der Waals surface area contributed by atoms with Crippen LogP contribution in [-0.2, 0) is 9.63 Å². The second-order valence-electron chi connectivity index (χ2n) is 4.86. The van der Waals surface area contributed by atoms with E-state index in [1.807, 2.05) is 20.8 Å². The summed E-state index contributed by atoms with van der Waals surface area (Å²) in [6.45, 7) is 10.3. The second kappa shape index (κ2) is 6.08. The van der Waals surface area contributed by atoms with Gasteiger partial charge in [-0.15, -0.1) is 0 Å². The molecule has 0 aliphatic rings. The molecule has 0 saturated heterocycles. The summed E-state index contributed by atoms with van der Waals surface area (Å²) in [5.74, 6) is 0.336. The van der Waals surface area contributed by atoms with E-state index < -0.39 is 0 Å². The van der Waals surface area contributed by atoms with Crippen molar-refractivity contribution in [3.05, 3.63) is 0 Å². The van der Waals surface area contributed by atoms with Crippen molar-refractivity contribution in [2.75, 3.05) is 6.54 Å². The Morgan fingerprint density at radius 2 is 2.00 bits per heavy atom. The SMILES string of the molecule is CCC(C)C(CN)N(C=O)OC(C)(C)C. The standard InChI is InChI=1S/C11H24N2O2/c1-6-9(2)10(7-12)13(8-14)15-11(3,4)5/h8-10H,6-7,12H2,1-5H3. The molecule has 0 spiro atoms. The van der Waals surface area contributed by atoms with Gasteiger partial charge in [0.25, 0.3) is 0 Å². The Labute approximate surface area is 92.7 Å². The van der Waals surface area contributed by atoms with Crippen molar-refractivity contribution in [3.63, 3.8) is 0 Å². The van der Waals surface area contributed by atoms with Gasteiger partial charge in [0.15, 0.2) is 0 Å². The smallest absolute Gasteiger partial charge is 0.233 e. The topological polar surface area (TPSA) is 55.6 Å². The van der Waals surface area contributed by atoms with E-state index in [2.05, 4.69) is 13.8 Å². The first-order valence-electron chi connectivity index (χ1n) is 5.48. The summed E-state index contributed by atoms with van der Waals surface area (Å²) in [5, 5.41) is 1.36. The Morgan fingerprint density at radius 1 is 1.47 bits per heavy atom. The lowest BCUT2D eigenvalue weighted by atomic mass is 9.99. The maximum Gasteiger partial charge on any atom is 0.233 e. The molecule has 90 valence electrons. The maximum atomic E-state index is 10.9. The minimum atomic E-state index is -0.373. The first-order chi connectivity index (χ1) is 6.85. The highest BCUT2D eigenvalue weighted by molar-refractivity contribution is 5.46. The van der Waals surface area contributed by atoms with Crippen molar-refractivity contribution in [1.82, 2.24) is 5.06 Å². The molecule has 0 rings (SSSR count). The van der Waals surface area contributed by atoms with Gasteiger partial charge in [-0.1, -0.05) is 20.3 Å². The summed E-state index contributed by atoms with van der Waals surface area (Å²) in [7, 11) is 0. The minimum absolute atomic E-state index is 0.0493. The van der Waals surface area contributed by atoms with Gasteiger partial charge in [-0.2, -0.15) is 0 Å². The molecular weight excluding hydrogens is 192 g/mol. The average Bonchev–Trinajstić information content (AvgIpc) is 2.15. The van der Waals surface area contributed by atoms with Crippen LogP contribution in [0.4, 0.5) is 0 Å². The van der Waals surface area contributed by atoms with Gasteiger partial charge in [0, 0.05) is 6.54 Å². The van der Waals surface area contributed by atoms with Crippen molar-refractivity contribution in [2.45, 2.75) is 52.7 Å². The Bertz CT molecular complexity index is 190. The monoisotopic (exact) mass is 216 g/mol. The molecule has 0 fully saturated rings. The number of hydrogen-bond acceptors (Lipinski definition) is 3. The molecule has 4 nitrogen and oxygen atoms in total. The molecule has 0 saturated carbocycles. The van der Waals surface area contributed by atoms with Gasteiger partial charge in [-0.25, -0.2) is 5.06 Å². The van der Waals surface area contributed by atoms with Crippen LogP contribution in [-0.4, -0.2) is 29.7 Å². The van der Waals surface area contributed by atoms with Gasteiger partial charge in [-0.3, -0.25) is 9.63 Å². The molecule has 0 heterocycles. The van der Waals surface area contributed by atoms with Crippen LogP contribution < -0.4 is 5.73 Å². The minimum Gasteiger partial charge on any atom is -0.328 e. The van der Waals surface area contributed by atoms with Gasteiger partial charge >= 0.3 is 0 Å². The maximum absolute atomic E-state index is 10.9. The lowest BCUT2D eigenvalue weighted by Gasteiger charge is -2.35. The van der Waals surface area contributed by atoms with Crippen molar-refractivity contribution >= 4 is 6.41 Å². The molecule has 0 bridgehead atoms. The summed E-state index contributed by atoms with van der Waals surface area (Å²) in [5.41, 5.74) is 5.29. The molecule has 0 aliphatic heterocycles. The second-order valence-corrected chi connectivity index (χ2v) is 4.86. The molecule has 2 atom stereocenters. The number of hydrogen-bond donors (Lipinski definition) is 1. The Balaban J connectivity index is 4.54. The van der Waals surface area contributed by atoms with Gasteiger partial charge in [0.05, 0.1) is 11.6 Å². The summed E-state index contributed by atoms with van der Waals surface area (Å²) >= 11 is 0. The largest absolute Gasteiger partial charge is 0.328 e. The molecule has 4 heteroatoms. The fourth-order valence-corrected chi connectivity index (χ4v) is 1.34. The van der Waals surface area contributed by atoms with Crippen LogP contribution in [0.1, 0.15) is 41.0 Å². The van der Waals surface area contributed by atoms with Crippen LogP contribution >= 0.6 is 0 Å².